The first-order valence-corrected chi connectivity index (χ1v) is 13.6. The highest BCUT2D eigenvalue weighted by atomic mass is 35.5. The Kier molecular flexibility index (Phi) is 8.64. The minimum absolute atomic E-state index is 0.0683. The van der Waals surface area contributed by atoms with Crippen LogP contribution in [-0.2, 0) is 32.6 Å². The van der Waals surface area contributed by atoms with Gasteiger partial charge in [-0.2, -0.15) is 0 Å². The van der Waals surface area contributed by atoms with E-state index in [0.29, 0.717) is 17.3 Å². The van der Waals surface area contributed by atoms with Crippen molar-refractivity contribution in [3.8, 4) is 0 Å². The highest BCUT2D eigenvalue weighted by Crippen LogP contribution is 2.27. The van der Waals surface area contributed by atoms with Crippen LogP contribution >= 0.6 is 11.6 Å². The maximum absolute atomic E-state index is 13.5. The molecule has 0 bridgehead atoms. The van der Waals surface area contributed by atoms with Crippen molar-refractivity contribution in [1.29, 1.82) is 0 Å². The third-order valence-electron chi connectivity index (χ3n) is 6.06. The van der Waals surface area contributed by atoms with E-state index in [-0.39, 0.29) is 11.4 Å². The summed E-state index contributed by atoms with van der Waals surface area (Å²) in [7, 11) is -4.00. The lowest BCUT2D eigenvalue weighted by molar-refractivity contribution is -0.119. The number of nitrogens with one attached hydrogen (secondary N) is 1. The molecule has 0 unspecified atom stereocenters. The molecular formula is C27H30ClN3O4S. The maximum Gasteiger partial charge on any atom is 0.264 e. The van der Waals surface area contributed by atoms with Crippen molar-refractivity contribution in [2.75, 3.05) is 37.2 Å². The number of amides is 1. The van der Waals surface area contributed by atoms with E-state index < -0.39 is 15.9 Å². The van der Waals surface area contributed by atoms with Gasteiger partial charge in [0.25, 0.3) is 10.0 Å². The van der Waals surface area contributed by atoms with Crippen LogP contribution in [0.5, 0.6) is 0 Å². The topological polar surface area (TPSA) is 79.0 Å². The molecule has 0 atom stereocenters. The lowest BCUT2D eigenvalue weighted by atomic mass is 10.1. The van der Waals surface area contributed by atoms with Gasteiger partial charge in [0.1, 0.15) is 6.54 Å². The average molecular weight is 528 g/mol. The number of benzene rings is 3. The second-order valence-electron chi connectivity index (χ2n) is 8.74. The summed E-state index contributed by atoms with van der Waals surface area (Å²) in [6.45, 7) is 5.89. The number of ether oxygens (including phenoxy) is 1. The van der Waals surface area contributed by atoms with Crippen LogP contribution in [0.3, 0.4) is 0 Å². The van der Waals surface area contributed by atoms with Gasteiger partial charge in [0.05, 0.1) is 23.8 Å². The van der Waals surface area contributed by atoms with E-state index in [1.165, 1.54) is 24.3 Å². The summed E-state index contributed by atoms with van der Waals surface area (Å²) in [6, 6.07) is 21.1. The second kappa shape index (κ2) is 11.9. The van der Waals surface area contributed by atoms with Crippen LogP contribution in [0.25, 0.3) is 0 Å². The number of carbonyl (C=O) groups is 1. The summed E-state index contributed by atoms with van der Waals surface area (Å²) >= 11 is 5.95. The fourth-order valence-electron chi connectivity index (χ4n) is 4.12. The first kappa shape index (κ1) is 26.2. The SMILES string of the molecule is Cc1ccccc1N(CC(=O)NCc1cccc(CN2CCOCC2)c1)S(=O)(=O)c1ccc(Cl)cc1. The van der Waals surface area contributed by atoms with Crippen LogP contribution < -0.4 is 9.62 Å². The third-order valence-corrected chi connectivity index (χ3v) is 8.09. The third kappa shape index (κ3) is 6.64. The van der Waals surface area contributed by atoms with Crippen molar-refractivity contribution in [1.82, 2.24) is 10.2 Å². The number of carbonyl (C=O) groups excluding carboxylic acids is 1. The van der Waals surface area contributed by atoms with Gasteiger partial charge in [-0.15, -0.1) is 0 Å². The Morgan fingerprint density at radius 3 is 2.42 bits per heavy atom. The van der Waals surface area contributed by atoms with Gasteiger partial charge in [-0.25, -0.2) is 8.42 Å². The van der Waals surface area contributed by atoms with Crippen molar-refractivity contribution in [3.05, 3.63) is 94.5 Å². The minimum Gasteiger partial charge on any atom is -0.379 e. The van der Waals surface area contributed by atoms with E-state index in [0.717, 1.165) is 53.8 Å². The van der Waals surface area contributed by atoms with Crippen molar-refractivity contribution < 1.29 is 17.9 Å². The molecule has 3 aromatic rings. The summed E-state index contributed by atoms with van der Waals surface area (Å²) in [4.78, 5) is 15.4. The monoisotopic (exact) mass is 527 g/mol. The van der Waals surface area contributed by atoms with Gasteiger partial charge >= 0.3 is 0 Å². The molecule has 190 valence electrons. The van der Waals surface area contributed by atoms with E-state index in [2.05, 4.69) is 22.3 Å². The highest BCUT2D eigenvalue weighted by Gasteiger charge is 2.28. The highest BCUT2D eigenvalue weighted by molar-refractivity contribution is 7.92. The van der Waals surface area contributed by atoms with Gasteiger partial charge < -0.3 is 10.1 Å². The molecule has 9 heteroatoms. The number of hydrogen-bond donors (Lipinski definition) is 1. The fourth-order valence-corrected chi connectivity index (χ4v) is 5.73. The van der Waals surface area contributed by atoms with Gasteiger partial charge in [0, 0.05) is 31.2 Å². The zero-order valence-corrected chi connectivity index (χ0v) is 21.8. The predicted molar refractivity (Wildman–Crippen MR) is 142 cm³/mol. The maximum atomic E-state index is 13.5. The van der Waals surface area contributed by atoms with E-state index in [9.17, 15) is 13.2 Å². The first-order valence-electron chi connectivity index (χ1n) is 11.8. The van der Waals surface area contributed by atoms with Gasteiger partial charge in [-0.05, 0) is 53.9 Å². The molecule has 1 N–H and O–H groups in total. The Labute approximate surface area is 217 Å². The smallest absolute Gasteiger partial charge is 0.264 e. The number of anilines is 1. The molecule has 1 aliphatic heterocycles. The number of nitrogens with zero attached hydrogens (tertiary/aromatic N) is 2. The summed E-state index contributed by atoms with van der Waals surface area (Å²) in [5, 5.41) is 3.32. The quantitative estimate of drug-likeness (QED) is 0.455. The molecule has 0 aliphatic carbocycles. The second-order valence-corrected chi connectivity index (χ2v) is 11.0. The van der Waals surface area contributed by atoms with Crippen LogP contribution in [0, 0.1) is 6.92 Å². The Morgan fingerprint density at radius 1 is 1.00 bits per heavy atom. The molecule has 1 fully saturated rings. The van der Waals surface area contributed by atoms with Crippen LogP contribution in [0.4, 0.5) is 5.69 Å². The molecule has 1 amide bonds. The largest absolute Gasteiger partial charge is 0.379 e. The van der Waals surface area contributed by atoms with E-state index in [1.807, 2.05) is 31.2 Å². The van der Waals surface area contributed by atoms with Gasteiger partial charge in [-0.1, -0.05) is 54.1 Å². The fraction of sp³-hybridized carbons (Fsp3) is 0.296. The van der Waals surface area contributed by atoms with Crippen LogP contribution in [0.2, 0.25) is 5.02 Å². The van der Waals surface area contributed by atoms with E-state index in [1.54, 1.807) is 12.1 Å². The molecule has 1 heterocycles. The molecule has 0 aromatic heterocycles. The van der Waals surface area contributed by atoms with Crippen molar-refractivity contribution in [2.45, 2.75) is 24.9 Å². The average Bonchev–Trinajstić information content (AvgIpc) is 2.88. The Hall–Kier alpha value is -2.91. The van der Waals surface area contributed by atoms with Gasteiger partial charge in [0.15, 0.2) is 0 Å². The summed E-state index contributed by atoms with van der Waals surface area (Å²) in [5.41, 5.74) is 3.32. The molecule has 4 rings (SSSR count). The number of para-hydroxylation sites is 1. The number of rotatable bonds is 9. The molecule has 0 radical (unpaired) electrons. The molecule has 7 nitrogen and oxygen atoms in total. The standard InChI is InChI=1S/C27H30ClN3O4S/c1-21-5-2-3-8-26(21)31(36(33,34)25-11-9-24(28)10-12-25)20-27(32)29-18-22-6-4-7-23(17-22)19-30-13-15-35-16-14-30/h2-12,17H,13-16,18-20H2,1H3,(H,29,32). The summed E-state index contributed by atoms with van der Waals surface area (Å²) in [5.74, 6) is -0.394. The zero-order valence-electron chi connectivity index (χ0n) is 20.2. The van der Waals surface area contributed by atoms with Crippen molar-refractivity contribution >= 4 is 33.2 Å². The Balaban J connectivity index is 1.47. The van der Waals surface area contributed by atoms with Gasteiger partial charge in [-0.3, -0.25) is 14.0 Å². The Bertz CT molecular complexity index is 1290. The number of morpholine rings is 1. The normalized spacial score (nSPS) is 14.4. The molecule has 3 aromatic carbocycles. The Morgan fingerprint density at radius 2 is 1.69 bits per heavy atom. The molecule has 1 saturated heterocycles. The number of halogens is 1. The minimum atomic E-state index is -4.00. The summed E-state index contributed by atoms with van der Waals surface area (Å²) in [6.07, 6.45) is 0. The summed E-state index contributed by atoms with van der Waals surface area (Å²) < 4.78 is 33.6. The molecular weight excluding hydrogens is 498 g/mol. The van der Waals surface area contributed by atoms with E-state index >= 15 is 0 Å². The first-order chi connectivity index (χ1) is 17.3. The van der Waals surface area contributed by atoms with E-state index in [4.69, 9.17) is 16.3 Å². The number of hydrogen-bond acceptors (Lipinski definition) is 5. The number of sulfonamides is 1. The van der Waals surface area contributed by atoms with Crippen LogP contribution in [-0.4, -0.2) is 52.1 Å². The van der Waals surface area contributed by atoms with Crippen molar-refractivity contribution in [2.24, 2.45) is 0 Å². The van der Waals surface area contributed by atoms with Crippen LogP contribution in [0.1, 0.15) is 16.7 Å². The predicted octanol–water partition coefficient (Wildman–Crippen LogP) is 3.99. The molecule has 0 saturated carbocycles. The number of aryl methyl sites for hydroxylation is 1. The van der Waals surface area contributed by atoms with Gasteiger partial charge in [0.2, 0.25) is 5.91 Å². The van der Waals surface area contributed by atoms with Crippen LogP contribution in [0.15, 0.2) is 77.7 Å². The van der Waals surface area contributed by atoms with Crippen molar-refractivity contribution in [3.63, 3.8) is 0 Å². The lowest BCUT2D eigenvalue weighted by Crippen LogP contribution is -2.41. The molecule has 0 spiro atoms. The lowest BCUT2D eigenvalue weighted by Gasteiger charge is -2.26. The molecule has 36 heavy (non-hydrogen) atoms. The molecule has 1 aliphatic rings. The zero-order chi connectivity index (χ0) is 25.5.